The zero-order chi connectivity index (χ0) is 12.7. The third-order valence-electron chi connectivity index (χ3n) is 3.18. The summed E-state index contributed by atoms with van der Waals surface area (Å²) in [4.78, 5) is 11.4. The van der Waals surface area contributed by atoms with Gasteiger partial charge in [0.25, 0.3) is 0 Å². The summed E-state index contributed by atoms with van der Waals surface area (Å²) in [6, 6.07) is 15.2. The molecular weight excluding hydrogens is 224 g/mol. The quantitative estimate of drug-likeness (QED) is 0.503. The molecule has 0 aliphatic rings. The van der Waals surface area contributed by atoms with Gasteiger partial charge < -0.3 is 11.5 Å². The highest BCUT2D eigenvalue weighted by atomic mass is 16.1. The van der Waals surface area contributed by atoms with Gasteiger partial charge in [0.15, 0.2) is 0 Å². The number of hydrogen-bond donors (Lipinski definition) is 2. The minimum atomic E-state index is -0.413. The summed E-state index contributed by atoms with van der Waals surface area (Å²) in [6.07, 6.45) is 0. The van der Waals surface area contributed by atoms with Gasteiger partial charge in [0, 0.05) is 16.6 Å². The first-order chi connectivity index (χ1) is 8.66. The van der Waals surface area contributed by atoms with Crippen LogP contribution in [0, 0.1) is 0 Å². The van der Waals surface area contributed by atoms with Gasteiger partial charge in [0.1, 0.15) is 0 Å². The minimum absolute atomic E-state index is 0.413. The SMILES string of the molecule is NC(=O)c1cccc2cc3c(N)cccc3cc12. The van der Waals surface area contributed by atoms with E-state index in [0.29, 0.717) is 5.56 Å². The van der Waals surface area contributed by atoms with Crippen molar-refractivity contribution < 1.29 is 4.79 Å². The van der Waals surface area contributed by atoms with Gasteiger partial charge in [-0.25, -0.2) is 0 Å². The monoisotopic (exact) mass is 236 g/mol. The Kier molecular flexibility index (Phi) is 2.20. The maximum absolute atomic E-state index is 11.4. The Morgan fingerprint density at radius 1 is 0.889 bits per heavy atom. The summed E-state index contributed by atoms with van der Waals surface area (Å²) >= 11 is 0. The van der Waals surface area contributed by atoms with Gasteiger partial charge in [-0.2, -0.15) is 0 Å². The van der Waals surface area contributed by atoms with Gasteiger partial charge in [-0.05, 0) is 40.4 Å². The van der Waals surface area contributed by atoms with E-state index in [9.17, 15) is 4.79 Å². The number of nitrogen functional groups attached to an aromatic ring is 1. The van der Waals surface area contributed by atoms with Crippen LogP contribution in [0.1, 0.15) is 10.4 Å². The van der Waals surface area contributed by atoms with Crippen molar-refractivity contribution in [3.05, 3.63) is 54.1 Å². The molecular formula is C15H12N2O. The topological polar surface area (TPSA) is 69.1 Å². The fraction of sp³-hybridized carbons (Fsp3) is 0. The molecule has 0 fully saturated rings. The van der Waals surface area contributed by atoms with Crippen LogP contribution in [-0.2, 0) is 0 Å². The van der Waals surface area contributed by atoms with Crippen molar-refractivity contribution >= 4 is 33.1 Å². The molecule has 18 heavy (non-hydrogen) atoms. The predicted molar refractivity (Wildman–Crippen MR) is 74.4 cm³/mol. The van der Waals surface area contributed by atoms with Gasteiger partial charge >= 0.3 is 0 Å². The van der Waals surface area contributed by atoms with Crippen LogP contribution in [0.3, 0.4) is 0 Å². The fourth-order valence-corrected chi connectivity index (χ4v) is 2.29. The summed E-state index contributed by atoms with van der Waals surface area (Å²) in [6.45, 7) is 0. The Balaban J connectivity index is 2.49. The van der Waals surface area contributed by atoms with E-state index < -0.39 is 5.91 Å². The van der Waals surface area contributed by atoms with E-state index in [1.165, 1.54) is 0 Å². The first kappa shape index (κ1) is 10.6. The molecule has 88 valence electrons. The molecule has 0 aliphatic carbocycles. The van der Waals surface area contributed by atoms with Gasteiger partial charge in [-0.3, -0.25) is 4.79 Å². The number of carbonyl (C=O) groups is 1. The van der Waals surface area contributed by atoms with E-state index in [2.05, 4.69) is 0 Å². The molecule has 0 atom stereocenters. The van der Waals surface area contributed by atoms with Crippen LogP contribution in [0.5, 0.6) is 0 Å². The van der Waals surface area contributed by atoms with E-state index in [1.54, 1.807) is 6.07 Å². The van der Waals surface area contributed by atoms with E-state index in [-0.39, 0.29) is 0 Å². The number of benzene rings is 3. The molecule has 0 spiro atoms. The number of hydrogen-bond acceptors (Lipinski definition) is 2. The zero-order valence-electron chi connectivity index (χ0n) is 9.68. The highest BCUT2D eigenvalue weighted by Gasteiger charge is 2.08. The number of anilines is 1. The van der Waals surface area contributed by atoms with Crippen LogP contribution in [0.25, 0.3) is 21.5 Å². The minimum Gasteiger partial charge on any atom is -0.398 e. The third-order valence-corrected chi connectivity index (χ3v) is 3.18. The maximum Gasteiger partial charge on any atom is 0.249 e. The normalized spacial score (nSPS) is 10.9. The lowest BCUT2D eigenvalue weighted by atomic mass is 9.99. The van der Waals surface area contributed by atoms with Gasteiger partial charge in [0.2, 0.25) is 5.91 Å². The van der Waals surface area contributed by atoms with Gasteiger partial charge in [0.05, 0.1) is 0 Å². The summed E-state index contributed by atoms with van der Waals surface area (Å²) in [7, 11) is 0. The highest BCUT2D eigenvalue weighted by molar-refractivity contribution is 6.11. The lowest BCUT2D eigenvalue weighted by molar-refractivity contribution is 0.100. The molecule has 0 saturated carbocycles. The number of nitrogens with two attached hydrogens (primary N) is 2. The second kappa shape index (κ2) is 3.74. The molecule has 0 saturated heterocycles. The van der Waals surface area contributed by atoms with Crippen LogP contribution in [0.4, 0.5) is 5.69 Å². The van der Waals surface area contributed by atoms with E-state index in [4.69, 9.17) is 11.5 Å². The molecule has 3 heteroatoms. The van der Waals surface area contributed by atoms with Crippen LogP contribution in [0.2, 0.25) is 0 Å². The molecule has 3 rings (SSSR count). The average Bonchev–Trinajstić information content (AvgIpc) is 2.36. The molecule has 3 nitrogen and oxygen atoms in total. The van der Waals surface area contributed by atoms with Gasteiger partial charge in [-0.15, -0.1) is 0 Å². The Hall–Kier alpha value is -2.55. The summed E-state index contributed by atoms with van der Waals surface area (Å²) in [5.74, 6) is -0.413. The number of primary amides is 1. The Bertz CT molecular complexity index is 778. The summed E-state index contributed by atoms with van der Waals surface area (Å²) < 4.78 is 0. The zero-order valence-corrected chi connectivity index (χ0v) is 9.68. The Morgan fingerprint density at radius 3 is 2.22 bits per heavy atom. The van der Waals surface area contributed by atoms with Gasteiger partial charge in [-0.1, -0.05) is 24.3 Å². The number of rotatable bonds is 1. The molecule has 0 bridgehead atoms. The number of fused-ring (bicyclic) bond motifs is 2. The van der Waals surface area contributed by atoms with Crippen molar-refractivity contribution in [2.24, 2.45) is 5.73 Å². The van der Waals surface area contributed by atoms with Crippen molar-refractivity contribution in [2.75, 3.05) is 5.73 Å². The van der Waals surface area contributed by atoms with E-state index >= 15 is 0 Å². The van der Waals surface area contributed by atoms with Crippen molar-refractivity contribution in [3.8, 4) is 0 Å². The van der Waals surface area contributed by atoms with E-state index in [1.807, 2.05) is 42.5 Å². The molecule has 1 amide bonds. The fourth-order valence-electron chi connectivity index (χ4n) is 2.29. The predicted octanol–water partition coefficient (Wildman–Crippen LogP) is 2.67. The lowest BCUT2D eigenvalue weighted by Crippen LogP contribution is -2.11. The smallest absolute Gasteiger partial charge is 0.249 e. The second-order valence-electron chi connectivity index (χ2n) is 4.31. The molecule has 0 heterocycles. The third kappa shape index (κ3) is 1.49. The highest BCUT2D eigenvalue weighted by Crippen LogP contribution is 2.28. The van der Waals surface area contributed by atoms with Crippen molar-refractivity contribution in [1.29, 1.82) is 0 Å². The van der Waals surface area contributed by atoms with Crippen LogP contribution < -0.4 is 11.5 Å². The molecule has 4 N–H and O–H groups in total. The molecule has 0 aliphatic heterocycles. The summed E-state index contributed by atoms with van der Waals surface area (Å²) in [5, 5.41) is 3.84. The van der Waals surface area contributed by atoms with Crippen molar-refractivity contribution in [2.45, 2.75) is 0 Å². The van der Waals surface area contributed by atoms with Crippen LogP contribution in [0.15, 0.2) is 48.5 Å². The second-order valence-corrected chi connectivity index (χ2v) is 4.31. The number of carbonyl (C=O) groups excluding carboxylic acids is 1. The Labute approximate surface area is 104 Å². The first-order valence-electron chi connectivity index (χ1n) is 5.67. The standard InChI is InChI=1S/C15H12N2O/c16-14-6-2-4-10-7-12-9(8-13(10)14)3-1-5-11(12)15(17)18/h1-8H,16H2,(H2,17,18). The first-order valence-corrected chi connectivity index (χ1v) is 5.67. The average molecular weight is 236 g/mol. The largest absolute Gasteiger partial charge is 0.398 e. The molecule has 3 aromatic rings. The molecule has 3 aromatic carbocycles. The maximum atomic E-state index is 11.4. The van der Waals surface area contributed by atoms with Crippen molar-refractivity contribution in [3.63, 3.8) is 0 Å². The number of amides is 1. The van der Waals surface area contributed by atoms with Crippen LogP contribution >= 0.6 is 0 Å². The summed E-state index contributed by atoms with van der Waals surface area (Å²) in [5.41, 5.74) is 12.6. The van der Waals surface area contributed by atoms with Crippen molar-refractivity contribution in [1.82, 2.24) is 0 Å². The van der Waals surface area contributed by atoms with Crippen LogP contribution in [-0.4, -0.2) is 5.91 Å². The van der Waals surface area contributed by atoms with E-state index in [0.717, 1.165) is 27.2 Å². The molecule has 0 radical (unpaired) electrons. The molecule has 0 aromatic heterocycles. The molecule has 0 unspecified atom stereocenters. The lowest BCUT2D eigenvalue weighted by Gasteiger charge is -2.07. The Morgan fingerprint density at radius 2 is 1.50 bits per heavy atom.